The van der Waals surface area contributed by atoms with Crippen molar-refractivity contribution in [2.24, 2.45) is 5.92 Å². The quantitative estimate of drug-likeness (QED) is 0.187. The molecule has 0 radical (unpaired) electrons. The van der Waals surface area contributed by atoms with Crippen LogP contribution in [0.4, 0.5) is 0 Å². The fraction of sp³-hybridized carbons (Fsp3) is 0.279. The van der Waals surface area contributed by atoms with Crippen LogP contribution in [0.3, 0.4) is 0 Å². The van der Waals surface area contributed by atoms with Crippen LogP contribution in [-0.4, -0.2) is 19.0 Å². The van der Waals surface area contributed by atoms with Crippen LogP contribution in [-0.2, 0) is 0 Å². The molecule has 0 amide bonds. The maximum Gasteiger partial charge on any atom is 0.138 e. The maximum absolute atomic E-state index is 5.84. The number of hydrogen-bond donors (Lipinski definition) is 0. The molecule has 0 saturated heterocycles. The number of para-hydroxylation sites is 1. The zero-order chi connectivity index (χ0) is 32.8. The summed E-state index contributed by atoms with van der Waals surface area (Å²) in [4.78, 5) is 0. The van der Waals surface area contributed by atoms with Crippen LogP contribution >= 0.6 is 0 Å². The number of aryl methyl sites for hydroxylation is 4. The fourth-order valence-corrected chi connectivity index (χ4v) is 6.49. The molecular weight excluding hydrogens is 554 g/mol. The second-order valence-electron chi connectivity index (χ2n) is 13.4. The third-order valence-electron chi connectivity index (χ3n) is 9.64. The molecule has 0 fully saturated rings. The van der Waals surface area contributed by atoms with E-state index in [0.717, 1.165) is 11.2 Å². The molecule has 0 saturated carbocycles. The number of allylic oxidation sites excluding steroid dienone is 4. The van der Waals surface area contributed by atoms with Gasteiger partial charge in [0.15, 0.2) is 0 Å². The minimum atomic E-state index is 0.657. The van der Waals surface area contributed by atoms with Crippen molar-refractivity contribution >= 4 is 40.9 Å². The standard InChI is InChI=1S/C15H22B2.C14H12O.C14H14/c1-11(2)12(3)10-14-6-5-8-17-9-7-16-15(17)13(14)4;1-9-6-7-13-12(8-9)11-5-3-4-10(2)14(11)15-13;1-11-7-3-5-9-13(11)14-10-6-4-8-12(14)2/h7,9-11H,5-6,8H2,1-4H3;3-8H,1-2H3;3-10H,1-2H3/b12-10+;;. The van der Waals surface area contributed by atoms with Crippen LogP contribution < -0.4 is 0 Å². The van der Waals surface area contributed by atoms with Gasteiger partial charge in [0.2, 0.25) is 0 Å². The molecule has 232 valence electrons. The largest absolute Gasteiger partial charge is 0.456 e. The van der Waals surface area contributed by atoms with E-state index in [4.69, 9.17) is 4.42 Å². The molecule has 2 aliphatic heterocycles. The van der Waals surface area contributed by atoms with Gasteiger partial charge in [-0.05, 0) is 67.6 Å². The Balaban J connectivity index is 0.000000136. The summed E-state index contributed by atoms with van der Waals surface area (Å²) >= 11 is 0. The van der Waals surface area contributed by atoms with E-state index in [-0.39, 0.29) is 0 Å². The Labute approximate surface area is 278 Å². The average Bonchev–Trinajstić information content (AvgIpc) is 3.63. The molecule has 7 rings (SSSR count). The van der Waals surface area contributed by atoms with E-state index in [1.807, 2.05) is 6.07 Å². The second-order valence-corrected chi connectivity index (χ2v) is 13.4. The molecule has 2 aliphatic rings. The molecule has 0 spiro atoms. The van der Waals surface area contributed by atoms with E-state index < -0.39 is 0 Å². The second kappa shape index (κ2) is 15.0. The molecule has 5 aromatic rings. The fourth-order valence-electron chi connectivity index (χ4n) is 6.49. The third-order valence-corrected chi connectivity index (χ3v) is 9.64. The number of benzene rings is 4. The van der Waals surface area contributed by atoms with Crippen LogP contribution in [0.25, 0.3) is 33.1 Å². The van der Waals surface area contributed by atoms with E-state index >= 15 is 0 Å². The monoisotopic (exact) mass is 602 g/mol. The molecule has 0 aliphatic carbocycles. The first-order valence-corrected chi connectivity index (χ1v) is 16.9. The van der Waals surface area contributed by atoms with Crippen molar-refractivity contribution in [3.8, 4) is 11.1 Å². The van der Waals surface area contributed by atoms with Crippen molar-refractivity contribution in [1.82, 2.24) is 0 Å². The molecule has 46 heavy (non-hydrogen) atoms. The Hall–Kier alpha value is -4.10. The smallest absolute Gasteiger partial charge is 0.138 e. The molecule has 0 unspecified atom stereocenters. The van der Waals surface area contributed by atoms with Gasteiger partial charge in [-0.2, -0.15) is 0 Å². The zero-order valence-corrected chi connectivity index (χ0v) is 29.1. The summed E-state index contributed by atoms with van der Waals surface area (Å²) in [6, 6.07) is 29.6. The van der Waals surface area contributed by atoms with Gasteiger partial charge in [-0.3, -0.25) is 0 Å². The number of fused-ring (bicyclic) bond motifs is 4. The number of rotatable bonds is 3. The zero-order valence-electron chi connectivity index (χ0n) is 29.1. The molecule has 4 aromatic carbocycles. The Morgan fingerprint density at radius 3 is 2.09 bits per heavy atom. The van der Waals surface area contributed by atoms with Gasteiger partial charge in [0.05, 0.1) is 0 Å². The first kappa shape index (κ1) is 33.3. The Morgan fingerprint density at radius 2 is 1.43 bits per heavy atom. The third kappa shape index (κ3) is 7.64. The molecule has 1 aromatic heterocycles. The van der Waals surface area contributed by atoms with Gasteiger partial charge in [0.1, 0.15) is 11.2 Å². The van der Waals surface area contributed by atoms with Crippen LogP contribution in [0, 0.1) is 33.6 Å². The summed E-state index contributed by atoms with van der Waals surface area (Å²) in [6.07, 6.45) is 6.32. The van der Waals surface area contributed by atoms with Gasteiger partial charge >= 0.3 is 107 Å². The molecule has 1 nitrogen and oxygen atoms in total. The summed E-state index contributed by atoms with van der Waals surface area (Å²) < 4.78 is 5.84. The number of furan rings is 1. The van der Waals surface area contributed by atoms with Gasteiger partial charge < -0.3 is 4.42 Å². The van der Waals surface area contributed by atoms with Crippen LogP contribution in [0.1, 0.15) is 62.8 Å². The predicted molar refractivity (Wildman–Crippen MR) is 206 cm³/mol. The van der Waals surface area contributed by atoms with Gasteiger partial charge in [0.25, 0.3) is 0 Å². The average molecular weight is 602 g/mol. The number of hydrogen-bond acceptors (Lipinski definition) is 1. The summed E-state index contributed by atoms with van der Waals surface area (Å²) in [5.74, 6) is 5.25. The van der Waals surface area contributed by atoms with E-state index in [1.54, 1.807) is 10.9 Å². The van der Waals surface area contributed by atoms with Crippen molar-refractivity contribution in [1.29, 1.82) is 0 Å². The minimum absolute atomic E-state index is 0.657. The van der Waals surface area contributed by atoms with E-state index in [1.165, 1.54) is 74.5 Å². The van der Waals surface area contributed by atoms with Crippen molar-refractivity contribution in [2.45, 2.75) is 74.6 Å². The van der Waals surface area contributed by atoms with Crippen LogP contribution in [0.15, 0.2) is 124 Å². The van der Waals surface area contributed by atoms with Gasteiger partial charge in [-0.1, -0.05) is 78.4 Å². The first-order valence-electron chi connectivity index (χ1n) is 16.9. The van der Waals surface area contributed by atoms with Crippen LogP contribution in [0.5, 0.6) is 0 Å². The molecule has 3 heteroatoms. The topological polar surface area (TPSA) is 13.1 Å². The summed E-state index contributed by atoms with van der Waals surface area (Å²) in [7, 11) is 0. The van der Waals surface area contributed by atoms with Gasteiger partial charge in [-0.25, -0.2) is 0 Å². The van der Waals surface area contributed by atoms with Gasteiger partial charge in [-0.15, -0.1) is 0 Å². The Morgan fingerprint density at radius 1 is 0.783 bits per heavy atom. The predicted octanol–water partition coefficient (Wildman–Crippen LogP) is 11.8. The van der Waals surface area contributed by atoms with Crippen molar-refractivity contribution in [3.63, 3.8) is 0 Å². The maximum atomic E-state index is 5.84. The van der Waals surface area contributed by atoms with Crippen LogP contribution in [0.2, 0.25) is 6.32 Å². The van der Waals surface area contributed by atoms with Crippen molar-refractivity contribution < 1.29 is 4.42 Å². The Kier molecular flexibility index (Phi) is 10.8. The molecule has 3 heterocycles. The van der Waals surface area contributed by atoms with E-state index in [2.05, 4.69) is 159 Å². The minimum Gasteiger partial charge on any atom is -0.456 e. The van der Waals surface area contributed by atoms with Crippen molar-refractivity contribution in [3.05, 3.63) is 142 Å². The first-order chi connectivity index (χ1) is 22.1. The molecule has 0 N–H and O–H groups in total. The summed E-state index contributed by atoms with van der Waals surface area (Å²) in [5.41, 5.74) is 14.4. The van der Waals surface area contributed by atoms with E-state index in [0.29, 0.717) is 12.6 Å². The Bertz CT molecular complexity index is 1920. The van der Waals surface area contributed by atoms with E-state index in [9.17, 15) is 0 Å². The molecule has 0 atom stereocenters. The van der Waals surface area contributed by atoms with Gasteiger partial charge in [0, 0.05) is 10.8 Å². The SMILES string of the molecule is CC1=C(/C=C(\C)C(C)C)CCCB2C=CB=C21.Cc1ccc2oc3c(C)cccc3c2c1.Cc1ccccc1-c1ccccc1C. The summed E-state index contributed by atoms with van der Waals surface area (Å²) in [5, 5.41) is 3.99. The normalized spacial score (nSPS) is 14.3. The summed E-state index contributed by atoms with van der Waals surface area (Å²) in [6.45, 7) is 20.6. The molecular formula is C43H48B2O. The van der Waals surface area contributed by atoms with Crippen molar-refractivity contribution in [2.75, 3.05) is 0 Å². The molecule has 0 bridgehead atoms.